The summed E-state index contributed by atoms with van der Waals surface area (Å²) in [7, 11) is 9.71. The summed E-state index contributed by atoms with van der Waals surface area (Å²) in [5, 5.41) is 0.343. The zero-order valence-electron chi connectivity index (χ0n) is 31.9. The van der Waals surface area contributed by atoms with Gasteiger partial charge in [0.05, 0.1) is 42.9 Å². The molecule has 342 valence electrons. The van der Waals surface area contributed by atoms with Gasteiger partial charge in [-0.1, -0.05) is 210 Å². The molecule has 0 saturated heterocycles. The summed E-state index contributed by atoms with van der Waals surface area (Å²) in [6, 6.07) is 19.4. The van der Waals surface area contributed by atoms with Crippen molar-refractivity contribution in [2.24, 2.45) is 0 Å². The Morgan fingerprint density at radius 1 is 0.284 bits per heavy atom. The van der Waals surface area contributed by atoms with E-state index in [0.29, 0.717) is 0 Å². The van der Waals surface area contributed by atoms with Gasteiger partial charge in [-0.2, -0.15) is 0 Å². The van der Waals surface area contributed by atoms with Crippen LogP contribution in [0.15, 0.2) is 72.8 Å². The van der Waals surface area contributed by atoms with Crippen molar-refractivity contribution in [3.05, 3.63) is 156 Å². The molecule has 0 atom stereocenters. The first-order valence-corrected chi connectivity index (χ1v) is 28.6. The van der Waals surface area contributed by atoms with Crippen molar-refractivity contribution in [2.45, 2.75) is 0 Å². The van der Waals surface area contributed by atoms with Crippen LogP contribution in [0.3, 0.4) is 0 Å². The second-order valence-corrected chi connectivity index (χ2v) is 22.6. The monoisotopic (exact) mass is 1330 g/mol. The average Bonchev–Trinajstić information content (AvgIpc) is 3.94. The van der Waals surface area contributed by atoms with Crippen LogP contribution in [0.25, 0.3) is 86.7 Å². The van der Waals surface area contributed by atoms with Crippen LogP contribution in [0.1, 0.15) is 22.8 Å². The van der Waals surface area contributed by atoms with Crippen molar-refractivity contribution in [2.75, 3.05) is 0 Å². The van der Waals surface area contributed by atoms with Crippen LogP contribution >= 0.6 is 205 Å². The first kappa shape index (κ1) is 52.6. The molecular formula is C44H12Cl18N4Ru. The van der Waals surface area contributed by atoms with E-state index in [1.165, 1.54) is 0 Å². The van der Waals surface area contributed by atoms with E-state index in [1.54, 1.807) is 72.8 Å². The molecule has 0 fully saturated rings. The summed E-state index contributed by atoms with van der Waals surface area (Å²) >= 11 is 114. The van der Waals surface area contributed by atoms with Gasteiger partial charge in [-0.25, -0.2) is 9.97 Å². The molecule has 3 aromatic heterocycles. The summed E-state index contributed by atoms with van der Waals surface area (Å²) in [5.41, 5.74) is 1.10. The third-order valence-electron chi connectivity index (χ3n) is 10.1. The van der Waals surface area contributed by atoms with Crippen LogP contribution in [0.5, 0.6) is 0 Å². The maximum absolute atomic E-state index is 7.28. The molecule has 4 aromatic carbocycles. The van der Waals surface area contributed by atoms with Crippen molar-refractivity contribution in [3.8, 4) is 44.5 Å². The molecule has 0 N–H and O–H groups in total. The van der Waals surface area contributed by atoms with Crippen LogP contribution in [-0.4, -0.2) is 9.97 Å². The van der Waals surface area contributed by atoms with Gasteiger partial charge in [0.25, 0.3) is 0 Å². The van der Waals surface area contributed by atoms with E-state index in [0.717, 1.165) is 0 Å². The Labute approximate surface area is 476 Å². The summed E-state index contributed by atoms with van der Waals surface area (Å²) in [6.45, 7) is 0. The first-order valence-electron chi connectivity index (χ1n) is 18.1. The van der Waals surface area contributed by atoms with E-state index < -0.39 is 0 Å². The van der Waals surface area contributed by atoms with Gasteiger partial charge in [0, 0.05) is 82.5 Å². The van der Waals surface area contributed by atoms with Gasteiger partial charge in [-0.3, -0.25) is 0 Å². The Morgan fingerprint density at radius 3 is 0.612 bits per heavy atom. The molecular weight excluding hydrogens is 1320 g/mol. The van der Waals surface area contributed by atoms with Crippen molar-refractivity contribution in [1.29, 1.82) is 0 Å². The first-order chi connectivity index (χ1) is 31.9. The molecule has 4 nitrogen and oxygen atoms in total. The molecule has 0 spiro atoms. The molecule has 0 amide bonds. The molecule has 5 heterocycles. The molecule has 0 radical (unpaired) electrons. The molecule has 9 rings (SSSR count). The Kier molecular flexibility index (Phi) is 16.8. The molecule has 23 heteroatoms. The molecule has 0 unspecified atom stereocenters. The number of hydrogen-bond donors (Lipinski definition) is 0. The summed E-state index contributed by atoms with van der Waals surface area (Å²) in [6.07, 6.45) is 0. The van der Waals surface area contributed by atoms with Gasteiger partial charge in [-0.15, -0.1) is 22.1 Å². The zero-order chi connectivity index (χ0) is 48.5. The normalized spacial score (nSPS) is 12.6. The second kappa shape index (κ2) is 21.4. The van der Waals surface area contributed by atoms with Crippen molar-refractivity contribution < 1.29 is 15.1 Å². The Morgan fingerprint density at radius 2 is 0.448 bits per heavy atom. The van der Waals surface area contributed by atoms with Crippen LogP contribution < -0.4 is 9.97 Å². The zero-order valence-corrected chi connectivity index (χ0v) is 47.2. The predicted molar refractivity (Wildman–Crippen MR) is 290 cm³/mol. The quantitative estimate of drug-likeness (QED) is 0.165. The van der Waals surface area contributed by atoms with Crippen LogP contribution in [0, 0.1) is 0 Å². The molecule has 2 aliphatic heterocycles. The fraction of sp³-hybridized carbons (Fsp3) is 0. The number of nitrogens with zero attached hydrogens (tertiary/aromatic N) is 4. The van der Waals surface area contributed by atoms with Gasteiger partial charge in [-0.05, 0) is 70.8 Å². The fourth-order valence-electron chi connectivity index (χ4n) is 7.34. The standard InChI is InChI=1S/C44H12Cl16N4.2ClH.Ru/c45-13-5-1-6-14(46)21(13)25-37-29(53)31(55)39(61-37)26(22-15(47)7-2-8-16(22)48)41-33(57)35(59)43(63-41)28(24-19(51)11-4-12-20(24)52)44-36(60)34(58)42(64-44)27(23-17(49)9-3-10-18(23)50)40-32(56)30(54)38(25)62-40;;;/h1-12H;2*1H;/q-2;;;+4/p-2. The van der Waals surface area contributed by atoms with Crippen LogP contribution in [0.2, 0.25) is 60.3 Å². The van der Waals surface area contributed by atoms with Gasteiger partial charge < -0.3 is 9.97 Å². The number of rotatable bonds is 4. The Hall–Kier alpha value is -0.677. The molecule has 0 saturated carbocycles. The van der Waals surface area contributed by atoms with E-state index in [1.807, 2.05) is 0 Å². The Balaban J connectivity index is 0.00000198. The molecule has 8 bridgehead atoms. The third kappa shape index (κ3) is 9.36. The number of benzene rings is 4. The van der Waals surface area contributed by atoms with Gasteiger partial charge >= 0.3 is 34.5 Å². The van der Waals surface area contributed by atoms with Crippen molar-refractivity contribution in [1.82, 2.24) is 19.9 Å². The second-order valence-electron chi connectivity index (χ2n) is 13.7. The van der Waals surface area contributed by atoms with Crippen LogP contribution in [-0.2, 0) is 15.1 Å². The van der Waals surface area contributed by atoms with Gasteiger partial charge in [0.1, 0.15) is 0 Å². The number of fused-ring (bicyclic) bond motifs is 8. The van der Waals surface area contributed by atoms with E-state index in [2.05, 4.69) is 0 Å². The maximum atomic E-state index is 7.28. The number of halogens is 18. The summed E-state index contributed by atoms with van der Waals surface area (Å²) < 4.78 is 0. The van der Waals surface area contributed by atoms with E-state index in [4.69, 9.17) is 225 Å². The number of aromatic nitrogens is 4. The molecule has 67 heavy (non-hydrogen) atoms. The SMILES string of the molecule is ClC1=C(Cl)c2nc1c(-c1c(Cl)cccc1Cl)c1[n-]c(c(Cl)c1Cl)c(-c1c(Cl)cccc1Cl)c1nc(c(-c3c(Cl)cccc3Cl)c3[n-]c(c(Cl)c3Cl)c2-c2c(Cl)cccc2Cl)C(Cl)=C1Cl.[Cl][Ru+2][Cl]. The van der Waals surface area contributed by atoms with Gasteiger partial charge in [0.15, 0.2) is 0 Å². The van der Waals surface area contributed by atoms with E-state index in [-0.39, 0.29) is 185 Å². The molecule has 0 aliphatic carbocycles. The number of hydrogen-bond acceptors (Lipinski definition) is 2. The van der Waals surface area contributed by atoms with E-state index >= 15 is 0 Å². The molecule has 7 aromatic rings. The average molecular weight is 1340 g/mol. The predicted octanol–water partition coefficient (Wildman–Crippen LogP) is 22.1. The van der Waals surface area contributed by atoms with Crippen LogP contribution in [0.4, 0.5) is 0 Å². The minimum atomic E-state index is -0.346. The molecule has 2 aliphatic rings. The Bertz CT molecular complexity index is 2980. The van der Waals surface area contributed by atoms with Crippen molar-refractivity contribution in [3.63, 3.8) is 0 Å². The van der Waals surface area contributed by atoms with E-state index in [9.17, 15) is 0 Å². The van der Waals surface area contributed by atoms with Gasteiger partial charge in [0.2, 0.25) is 0 Å². The summed E-state index contributed by atoms with van der Waals surface area (Å²) in [5.74, 6) is 0. The summed E-state index contributed by atoms with van der Waals surface area (Å²) in [4.78, 5) is 20.3. The topological polar surface area (TPSA) is 54.0 Å². The fourth-order valence-corrected chi connectivity index (χ4v) is 11.5. The van der Waals surface area contributed by atoms with Crippen molar-refractivity contribution >= 4 is 247 Å². The minimum absolute atomic E-state index is 0.0109. The third-order valence-corrected chi connectivity index (χ3v) is 15.9.